The summed E-state index contributed by atoms with van der Waals surface area (Å²) in [4.78, 5) is 9.33. The maximum absolute atomic E-state index is 5.79. The fourth-order valence-electron chi connectivity index (χ4n) is 2.11. The molecule has 0 aliphatic rings. The van der Waals surface area contributed by atoms with E-state index in [-0.39, 0.29) is 0 Å². The minimum Gasteiger partial charge on any atom is -0.486 e. The average Bonchev–Trinajstić information content (AvgIpc) is 2.96. The van der Waals surface area contributed by atoms with Crippen LogP contribution < -0.4 is 4.74 Å². The van der Waals surface area contributed by atoms with Crippen molar-refractivity contribution in [3.05, 3.63) is 59.1 Å². The van der Waals surface area contributed by atoms with Crippen molar-refractivity contribution in [3.8, 4) is 5.75 Å². The summed E-state index contributed by atoms with van der Waals surface area (Å²) in [6, 6.07) is 15.9. The van der Waals surface area contributed by atoms with E-state index < -0.39 is 0 Å². The molecule has 0 unspecified atom stereocenters. The first-order valence-electron chi connectivity index (χ1n) is 6.91. The molecule has 112 valence electrons. The Morgan fingerprint density at radius 3 is 2.64 bits per heavy atom. The number of thiazole rings is 1. The molecule has 0 bridgehead atoms. The number of oxime groups is 1. The second-order valence-corrected chi connectivity index (χ2v) is 5.86. The first-order chi connectivity index (χ1) is 10.8. The first-order valence-corrected chi connectivity index (χ1v) is 7.73. The number of fused-ring (bicyclic) bond motifs is 1. The van der Waals surface area contributed by atoms with Gasteiger partial charge in [-0.15, -0.1) is 11.3 Å². The molecule has 0 amide bonds. The molecule has 0 fully saturated rings. The maximum atomic E-state index is 5.79. The normalized spacial score (nSPS) is 11.6. The van der Waals surface area contributed by atoms with E-state index in [9.17, 15) is 0 Å². The molecule has 4 nitrogen and oxygen atoms in total. The molecular formula is C17H16N2O2S. The van der Waals surface area contributed by atoms with Gasteiger partial charge in [0.05, 0.1) is 15.9 Å². The van der Waals surface area contributed by atoms with Gasteiger partial charge in [-0.1, -0.05) is 17.3 Å². The van der Waals surface area contributed by atoms with Gasteiger partial charge in [0, 0.05) is 0 Å². The van der Waals surface area contributed by atoms with E-state index in [4.69, 9.17) is 9.57 Å². The Morgan fingerprint density at radius 1 is 1.14 bits per heavy atom. The van der Waals surface area contributed by atoms with Crippen LogP contribution in [-0.2, 0) is 11.4 Å². The smallest absolute Gasteiger partial charge is 0.140 e. The Balaban J connectivity index is 1.67. The molecule has 0 aliphatic carbocycles. The summed E-state index contributed by atoms with van der Waals surface area (Å²) in [5, 5.41) is 4.88. The maximum Gasteiger partial charge on any atom is 0.140 e. The zero-order chi connectivity index (χ0) is 15.4. The lowest BCUT2D eigenvalue weighted by atomic mass is 10.1. The van der Waals surface area contributed by atoms with Gasteiger partial charge in [0.25, 0.3) is 0 Å². The number of hydrogen-bond acceptors (Lipinski definition) is 5. The van der Waals surface area contributed by atoms with Gasteiger partial charge in [0.1, 0.15) is 24.5 Å². The molecule has 2 aromatic carbocycles. The van der Waals surface area contributed by atoms with Crippen LogP contribution >= 0.6 is 11.3 Å². The summed E-state index contributed by atoms with van der Waals surface area (Å²) in [6.07, 6.45) is 0. The third-order valence-electron chi connectivity index (χ3n) is 3.20. The second-order valence-electron chi connectivity index (χ2n) is 4.75. The van der Waals surface area contributed by atoms with Crippen molar-refractivity contribution in [2.24, 2.45) is 5.16 Å². The van der Waals surface area contributed by atoms with Gasteiger partial charge in [0.15, 0.2) is 0 Å². The quantitative estimate of drug-likeness (QED) is 0.522. The molecule has 0 aliphatic heterocycles. The van der Waals surface area contributed by atoms with E-state index in [0.29, 0.717) is 6.61 Å². The van der Waals surface area contributed by atoms with E-state index >= 15 is 0 Å². The predicted octanol–water partition coefficient (Wildman–Crippen LogP) is 4.25. The number of benzene rings is 2. The van der Waals surface area contributed by atoms with Crippen LogP contribution in [0.5, 0.6) is 5.75 Å². The minimum atomic E-state index is 0.476. The second kappa shape index (κ2) is 6.58. The van der Waals surface area contributed by atoms with Crippen molar-refractivity contribution in [3.63, 3.8) is 0 Å². The average molecular weight is 312 g/mol. The Bertz CT molecular complexity index is 761. The molecule has 22 heavy (non-hydrogen) atoms. The van der Waals surface area contributed by atoms with Gasteiger partial charge >= 0.3 is 0 Å². The van der Waals surface area contributed by atoms with Crippen LogP contribution in [0.3, 0.4) is 0 Å². The van der Waals surface area contributed by atoms with Crippen molar-refractivity contribution in [2.75, 3.05) is 7.11 Å². The van der Waals surface area contributed by atoms with Gasteiger partial charge in [-0.2, -0.15) is 0 Å². The van der Waals surface area contributed by atoms with Crippen LogP contribution in [0.15, 0.2) is 53.7 Å². The van der Waals surface area contributed by atoms with Crippen molar-refractivity contribution in [1.29, 1.82) is 0 Å². The van der Waals surface area contributed by atoms with Gasteiger partial charge in [-0.05, 0) is 48.9 Å². The molecule has 3 rings (SSSR count). The minimum absolute atomic E-state index is 0.476. The molecule has 3 aromatic rings. The van der Waals surface area contributed by atoms with Gasteiger partial charge < -0.3 is 9.57 Å². The summed E-state index contributed by atoms with van der Waals surface area (Å²) in [7, 11) is 1.54. The molecule has 1 aromatic heterocycles. The molecule has 0 radical (unpaired) electrons. The standard InChI is InChI=1S/C17H16N2O2S/c1-12(19-20-2)13-7-9-14(10-8-13)21-11-17-18-15-5-3-4-6-16(15)22-17/h3-10H,11H2,1-2H3. The third-order valence-corrected chi connectivity index (χ3v) is 4.21. The zero-order valence-electron chi connectivity index (χ0n) is 12.4. The summed E-state index contributed by atoms with van der Waals surface area (Å²) in [5.74, 6) is 0.813. The predicted molar refractivity (Wildman–Crippen MR) is 89.6 cm³/mol. The number of aromatic nitrogens is 1. The fourth-order valence-corrected chi connectivity index (χ4v) is 2.99. The summed E-state index contributed by atoms with van der Waals surface area (Å²) in [6.45, 7) is 2.38. The molecule has 0 saturated heterocycles. The van der Waals surface area contributed by atoms with Crippen molar-refractivity contribution in [2.45, 2.75) is 13.5 Å². The first kappa shape index (κ1) is 14.5. The Kier molecular flexibility index (Phi) is 4.34. The number of hydrogen-bond donors (Lipinski definition) is 0. The van der Waals surface area contributed by atoms with Crippen molar-refractivity contribution >= 4 is 27.3 Å². The lowest BCUT2D eigenvalue weighted by Crippen LogP contribution is -1.97. The number of nitrogens with zero attached hydrogens (tertiary/aromatic N) is 2. The van der Waals surface area contributed by atoms with E-state index in [1.165, 1.54) is 4.70 Å². The van der Waals surface area contributed by atoms with Crippen LogP contribution in [0.1, 0.15) is 17.5 Å². The van der Waals surface area contributed by atoms with E-state index in [0.717, 1.165) is 27.5 Å². The van der Waals surface area contributed by atoms with Gasteiger partial charge in [0.2, 0.25) is 0 Å². The van der Waals surface area contributed by atoms with Gasteiger partial charge in [-0.25, -0.2) is 4.98 Å². The topological polar surface area (TPSA) is 43.7 Å². The molecular weight excluding hydrogens is 296 g/mol. The van der Waals surface area contributed by atoms with E-state index in [1.807, 2.05) is 49.4 Å². The molecule has 5 heteroatoms. The largest absolute Gasteiger partial charge is 0.486 e. The SMILES string of the molecule is CON=C(C)c1ccc(OCc2nc3ccccc3s2)cc1. The molecule has 1 heterocycles. The van der Waals surface area contributed by atoms with Crippen molar-refractivity contribution < 1.29 is 9.57 Å². The van der Waals surface area contributed by atoms with Crippen LogP contribution in [0.4, 0.5) is 0 Å². The lowest BCUT2D eigenvalue weighted by molar-refractivity contribution is 0.213. The molecule has 0 saturated carbocycles. The third kappa shape index (κ3) is 3.26. The van der Waals surface area contributed by atoms with Crippen LogP contribution in [0, 0.1) is 0 Å². The van der Waals surface area contributed by atoms with Crippen LogP contribution in [0.25, 0.3) is 10.2 Å². The zero-order valence-corrected chi connectivity index (χ0v) is 13.3. The molecule has 0 atom stereocenters. The lowest BCUT2D eigenvalue weighted by Gasteiger charge is -2.05. The Labute approximate surface area is 133 Å². The number of ether oxygens (including phenoxy) is 1. The fraction of sp³-hybridized carbons (Fsp3) is 0.176. The monoisotopic (exact) mass is 312 g/mol. The molecule has 0 spiro atoms. The Hall–Kier alpha value is -2.40. The highest BCUT2D eigenvalue weighted by atomic mass is 32.1. The van der Waals surface area contributed by atoms with E-state index in [1.54, 1.807) is 18.4 Å². The summed E-state index contributed by atoms with van der Waals surface area (Å²) < 4.78 is 6.98. The van der Waals surface area contributed by atoms with Gasteiger partial charge in [-0.3, -0.25) is 0 Å². The van der Waals surface area contributed by atoms with Crippen LogP contribution in [-0.4, -0.2) is 17.8 Å². The highest BCUT2D eigenvalue weighted by Crippen LogP contribution is 2.23. The summed E-state index contributed by atoms with van der Waals surface area (Å²) >= 11 is 1.66. The van der Waals surface area contributed by atoms with E-state index in [2.05, 4.69) is 16.2 Å². The Morgan fingerprint density at radius 2 is 1.91 bits per heavy atom. The number of para-hydroxylation sites is 1. The highest BCUT2D eigenvalue weighted by molar-refractivity contribution is 7.18. The van der Waals surface area contributed by atoms with Crippen LogP contribution in [0.2, 0.25) is 0 Å². The molecule has 0 N–H and O–H groups in total. The highest BCUT2D eigenvalue weighted by Gasteiger charge is 2.04. The summed E-state index contributed by atoms with van der Waals surface area (Å²) in [5.41, 5.74) is 2.86. The number of rotatable bonds is 5. The van der Waals surface area contributed by atoms with Crippen molar-refractivity contribution in [1.82, 2.24) is 4.98 Å².